The van der Waals surface area contributed by atoms with Crippen molar-refractivity contribution in [3.05, 3.63) is 33.5 Å². The summed E-state index contributed by atoms with van der Waals surface area (Å²) in [5.41, 5.74) is 1.69. The zero-order chi connectivity index (χ0) is 17.3. The highest BCUT2D eigenvalue weighted by molar-refractivity contribution is 7.11. The third-order valence-corrected chi connectivity index (χ3v) is 5.37. The van der Waals surface area contributed by atoms with Crippen molar-refractivity contribution in [3.8, 4) is 0 Å². The van der Waals surface area contributed by atoms with Crippen molar-refractivity contribution in [2.75, 3.05) is 0 Å². The molecule has 8 heteroatoms. The molecule has 4 nitrogen and oxygen atoms in total. The fourth-order valence-electron chi connectivity index (χ4n) is 2.96. The van der Waals surface area contributed by atoms with E-state index in [0.717, 1.165) is 45.1 Å². The maximum Gasteiger partial charge on any atom is 0.408 e. The molecule has 1 atom stereocenters. The molecule has 0 spiro atoms. The third kappa shape index (κ3) is 4.16. The predicted molar refractivity (Wildman–Crippen MR) is 87.0 cm³/mol. The fourth-order valence-corrected chi connectivity index (χ4v) is 3.83. The van der Waals surface area contributed by atoms with E-state index < -0.39 is 12.7 Å². The second-order valence-electron chi connectivity index (χ2n) is 6.50. The molecule has 0 amide bonds. The molecule has 0 saturated heterocycles. The standard InChI is InChI=1S/C16H21F3N4S/c1-10(2)15-21-7-12(24-15)6-20-13-5-3-4-11-8-23(22-14(11)13)9-16(17,18)19/h7-8,10,13,20H,3-6,9H2,1-2H3/t13-/m1/s1. The van der Waals surface area contributed by atoms with Gasteiger partial charge < -0.3 is 5.32 Å². The molecular weight excluding hydrogens is 337 g/mol. The summed E-state index contributed by atoms with van der Waals surface area (Å²) in [7, 11) is 0. The van der Waals surface area contributed by atoms with Gasteiger partial charge in [0.1, 0.15) is 6.54 Å². The molecular formula is C16H21F3N4S. The van der Waals surface area contributed by atoms with Crippen LogP contribution in [0.4, 0.5) is 13.2 Å². The first-order chi connectivity index (χ1) is 11.3. The molecule has 0 saturated carbocycles. The molecule has 2 heterocycles. The number of thiazole rings is 1. The molecule has 0 unspecified atom stereocenters. The van der Waals surface area contributed by atoms with Crippen LogP contribution in [0.5, 0.6) is 0 Å². The van der Waals surface area contributed by atoms with Gasteiger partial charge in [-0.25, -0.2) is 4.98 Å². The summed E-state index contributed by atoms with van der Waals surface area (Å²) in [6.45, 7) is 3.85. The Labute approximate surface area is 143 Å². The van der Waals surface area contributed by atoms with Crippen LogP contribution in [0.1, 0.15) is 59.8 Å². The van der Waals surface area contributed by atoms with Crippen LogP contribution in [0.15, 0.2) is 12.4 Å². The SMILES string of the molecule is CC(C)c1ncc(CN[C@@H]2CCCc3cn(CC(F)(F)F)nc32)s1. The largest absolute Gasteiger partial charge is 0.408 e. The molecule has 1 N–H and O–H groups in total. The summed E-state index contributed by atoms with van der Waals surface area (Å²) in [5, 5.41) is 8.72. The Bertz CT molecular complexity index is 690. The molecule has 2 aromatic heterocycles. The summed E-state index contributed by atoms with van der Waals surface area (Å²) < 4.78 is 38.7. The van der Waals surface area contributed by atoms with Crippen LogP contribution in [0.25, 0.3) is 0 Å². The minimum absolute atomic E-state index is 0.00725. The van der Waals surface area contributed by atoms with Crippen LogP contribution >= 0.6 is 11.3 Å². The van der Waals surface area contributed by atoms with Crippen LogP contribution in [0, 0.1) is 0 Å². The van der Waals surface area contributed by atoms with Crippen LogP contribution in [-0.4, -0.2) is 20.9 Å². The van der Waals surface area contributed by atoms with Crippen molar-refractivity contribution in [2.45, 2.75) is 64.3 Å². The number of rotatable bonds is 5. The Morgan fingerprint density at radius 2 is 2.21 bits per heavy atom. The molecule has 0 bridgehead atoms. The Morgan fingerprint density at radius 1 is 1.42 bits per heavy atom. The highest BCUT2D eigenvalue weighted by Crippen LogP contribution is 2.30. The van der Waals surface area contributed by atoms with Crippen molar-refractivity contribution < 1.29 is 13.2 Å². The van der Waals surface area contributed by atoms with Gasteiger partial charge in [-0.15, -0.1) is 11.3 Å². The van der Waals surface area contributed by atoms with E-state index in [-0.39, 0.29) is 6.04 Å². The number of aromatic nitrogens is 3. The van der Waals surface area contributed by atoms with E-state index in [4.69, 9.17) is 0 Å². The molecule has 24 heavy (non-hydrogen) atoms. The maximum atomic E-state index is 12.6. The number of halogens is 3. The lowest BCUT2D eigenvalue weighted by atomic mass is 9.94. The lowest BCUT2D eigenvalue weighted by molar-refractivity contribution is -0.142. The molecule has 0 fully saturated rings. The van der Waals surface area contributed by atoms with E-state index in [1.165, 1.54) is 0 Å². The van der Waals surface area contributed by atoms with E-state index >= 15 is 0 Å². The van der Waals surface area contributed by atoms with Gasteiger partial charge >= 0.3 is 6.18 Å². The maximum absolute atomic E-state index is 12.6. The number of nitrogens with one attached hydrogen (secondary N) is 1. The number of hydrogen-bond acceptors (Lipinski definition) is 4. The lowest BCUT2D eigenvalue weighted by Gasteiger charge is -2.22. The minimum Gasteiger partial charge on any atom is -0.304 e. The Balaban J connectivity index is 1.67. The zero-order valence-electron chi connectivity index (χ0n) is 13.7. The first-order valence-electron chi connectivity index (χ1n) is 8.13. The highest BCUT2D eigenvalue weighted by Gasteiger charge is 2.30. The molecule has 3 rings (SSSR count). The second kappa shape index (κ2) is 6.84. The molecule has 1 aliphatic carbocycles. The summed E-state index contributed by atoms with van der Waals surface area (Å²) in [4.78, 5) is 5.54. The highest BCUT2D eigenvalue weighted by atomic mass is 32.1. The van der Waals surface area contributed by atoms with Gasteiger partial charge in [0.25, 0.3) is 0 Å². The monoisotopic (exact) mass is 358 g/mol. The first kappa shape index (κ1) is 17.4. The summed E-state index contributed by atoms with van der Waals surface area (Å²) >= 11 is 1.68. The van der Waals surface area contributed by atoms with Crippen molar-refractivity contribution >= 4 is 11.3 Å². The number of alkyl halides is 3. The number of nitrogens with zero attached hydrogens (tertiary/aromatic N) is 3. The minimum atomic E-state index is -4.24. The molecule has 0 aromatic carbocycles. The van der Waals surface area contributed by atoms with Gasteiger partial charge in [-0.1, -0.05) is 13.8 Å². The fraction of sp³-hybridized carbons (Fsp3) is 0.625. The average molecular weight is 358 g/mol. The predicted octanol–water partition coefficient (Wildman–Crippen LogP) is 4.19. The van der Waals surface area contributed by atoms with E-state index in [1.54, 1.807) is 17.5 Å². The summed E-state index contributed by atoms with van der Waals surface area (Å²) in [6.07, 6.45) is 1.82. The number of aryl methyl sites for hydroxylation is 1. The smallest absolute Gasteiger partial charge is 0.304 e. The average Bonchev–Trinajstić information content (AvgIpc) is 3.09. The van der Waals surface area contributed by atoms with E-state index in [1.807, 2.05) is 6.20 Å². The second-order valence-corrected chi connectivity index (χ2v) is 7.64. The molecule has 0 radical (unpaired) electrons. The van der Waals surface area contributed by atoms with E-state index in [2.05, 4.69) is 29.2 Å². The zero-order valence-corrected chi connectivity index (χ0v) is 14.5. The van der Waals surface area contributed by atoms with Gasteiger partial charge in [-0.3, -0.25) is 4.68 Å². The molecule has 132 valence electrons. The quantitative estimate of drug-likeness (QED) is 0.871. The summed E-state index contributed by atoms with van der Waals surface area (Å²) in [6, 6.07) is 0.00725. The topological polar surface area (TPSA) is 42.7 Å². The van der Waals surface area contributed by atoms with Crippen molar-refractivity contribution in [3.63, 3.8) is 0 Å². The molecule has 1 aliphatic rings. The number of hydrogen-bond donors (Lipinski definition) is 1. The third-order valence-electron chi connectivity index (χ3n) is 4.07. The van der Waals surface area contributed by atoms with Gasteiger partial charge in [0, 0.05) is 29.7 Å². The van der Waals surface area contributed by atoms with Crippen molar-refractivity contribution in [1.29, 1.82) is 0 Å². The normalized spacial score (nSPS) is 18.2. The lowest BCUT2D eigenvalue weighted by Crippen LogP contribution is -2.25. The van der Waals surface area contributed by atoms with Gasteiger partial charge in [-0.2, -0.15) is 18.3 Å². The van der Waals surface area contributed by atoms with Gasteiger partial charge in [0.2, 0.25) is 0 Å². The Hall–Kier alpha value is -1.41. The first-order valence-corrected chi connectivity index (χ1v) is 8.94. The van der Waals surface area contributed by atoms with Crippen molar-refractivity contribution in [1.82, 2.24) is 20.1 Å². The van der Waals surface area contributed by atoms with Crippen molar-refractivity contribution in [2.24, 2.45) is 0 Å². The Kier molecular flexibility index (Phi) is 4.96. The van der Waals surface area contributed by atoms with Gasteiger partial charge in [0.05, 0.1) is 16.7 Å². The van der Waals surface area contributed by atoms with Crippen LogP contribution < -0.4 is 5.32 Å². The van der Waals surface area contributed by atoms with Crippen LogP contribution in [-0.2, 0) is 19.5 Å². The van der Waals surface area contributed by atoms with Crippen LogP contribution in [0.2, 0.25) is 0 Å². The van der Waals surface area contributed by atoms with Gasteiger partial charge in [-0.05, 0) is 24.8 Å². The molecule has 0 aliphatic heterocycles. The van der Waals surface area contributed by atoms with Crippen LogP contribution in [0.3, 0.4) is 0 Å². The Morgan fingerprint density at radius 3 is 2.88 bits per heavy atom. The number of fused-ring (bicyclic) bond motifs is 1. The van der Waals surface area contributed by atoms with E-state index in [9.17, 15) is 13.2 Å². The van der Waals surface area contributed by atoms with Gasteiger partial charge in [0.15, 0.2) is 0 Å². The van der Waals surface area contributed by atoms with E-state index in [0.29, 0.717) is 12.5 Å². The molecule has 2 aromatic rings. The summed E-state index contributed by atoms with van der Waals surface area (Å²) in [5.74, 6) is 0.406.